The number of fused-ring (bicyclic) bond motifs is 4. The Labute approximate surface area is 298 Å². The van der Waals surface area contributed by atoms with Crippen LogP contribution in [0.15, 0.2) is 48.8 Å². The number of Topliss-reactive ketones (excluding diaryl/α,β-unsaturated/α-hetero) is 2. The van der Waals surface area contributed by atoms with Gasteiger partial charge in [0.25, 0.3) is 0 Å². The number of hydrogen-bond acceptors (Lipinski definition) is 8. The first-order valence-corrected chi connectivity index (χ1v) is 17.3. The molecule has 6 aromatic rings. The van der Waals surface area contributed by atoms with Gasteiger partial charge in [-0.25, -0.2) is 9.97 Å². The minimum Gasteiger partial charge on any atom is -0.299 e. The summed E-state index contributed by atoms with van der Waals surface area (Å²) in [6.07, 6.45) is 7.46. The van der Waals surface area contributed by atoms with E-state index in [1.165, 1.54) is 16.7 Å². The summed E-state index contributed by atoms with van der Waals surface area (Å²) in [6.45, 7) is 9.88. The summed E-state index contributed by atoms with van der Waals surface area (Å²) in [5.74, 6) is 0.114. The molecule has 2 aromatic carbocycles. The Morgan fingerprint density at radius 1 is 0.694 bits per heavy atom. The SMILES string of the molecule is CCCn1cc2c(C3C(=O)Cc4ccc(C)cc43)nc(Cl)nc2n1.CCCn1cc2c(Cl)nc(Cl)nc2n1.Cc1ccc2c(c1)CC(=O)C2. The largest absolute Gasteiger partial charge is 0.299 e. The van der Waals surface area contributed by atoms with Gasteiger partial charge in [-0.1, -0.05) is 73.0 Å². The van der Waals surface area contributed by atoms with Crippen LogP contribution in [0.4, 0.5) is 0 Å². The summed E-state index contributed by atoms with van der Waals surface area (Å²) in [6, 6.07) is 12.4. The standard InChI is InChI=1S/C18H17ClN4O.C10H10O.C8H8Cl2N4/c1-3-6-23-9-13-16(20-18(19)21-17(13)22-23)15-12-7-10(2)4-5-11(12)8-14(15)24;1-7-2-3-8-5-10(11)6-9(8)4-7;1-2-3-14-4-5-6(9)11-8(10)12-7(5)13-14/h4-5,7,9,15H,3,6,8H2,1-2H3;2-4H,5-6H2,1H3;4H,2-3H2,1H3. The predicted molar refractivity (Wildman–Crippen MR) is 192 cm³/mol. The fraction of sp³-hybridized carbons (Fsp3) is 0.333. The van der Waals surface area contributed by atoms with E-state index in [9.17, 15) is 9.59 Å². The van der Waals surface area contributed by atoms with Crippen molar-refractivity contribution < 1.29 is 9.59 Å². The van der Waals surface area contributed by atoms with Gasteiger partial charge in [-0.2, -0.15) is 20.2 Å². The number of benzene rings is 2. The lowest BCUT2D eigenvalue weighted by molar-refractivity contribution is -0.118. The highest BCUT2D eigenvalue weighted by atomic mass is 35.5. The van der Waals surface area contributed by atoms with Crippen molar-refractivity contribution in [2.75, 3.05) is 0 Å². The number of aromatic nitrogens is 8. The maximum atomic E-state index is 12.7. The van der Waals surface area contributed by atoms with Gasteiger partial charge < -0.3 is 0 Å². The molecule has 1 unspecified atom stereocenters. The van der Waals surface area contributed by atoms with E-state index >= 15 is 0 Å². The molecular weight excluding hydrogens is 683 g/mol. The van der Waals surface area contributed by atoms with Crippen LogP contribution >= 0.6 is 34.8 Å². The number of carbonyl (C=O) groups is 2. The summed E-state index contributed by atoms with van der Waals surface area (Å²) in [5.41, 5.74) is 8.69. The van der Waals surface area contributed by atoms with Crippen molar-refractivity contribution in [3.8, 4) is 0 Å². The number of nitrogens with zero attached hydrogens (tertiary/aromatic N) is 8. The molecule has 49 heavy (non-hydrogen) atoms. The molecule has 4 aromatic heterocycles. The van der Waals surface area contributed by atoms with E-state index in [4.69, 9.17) is 34.8 Å². The van der Waals surface area contributed by atoms with E-state index in [1.54, 1.807) is 4.68 Å². The molecule has 0 N–H and O–H groups in total. The van der Waals surface area contributed by atoms with Crippen molar-refractivity contribution in [2.24, 2.45) is 0 Å². The summed E-state index contributed by atoms with van der Waals surface area (Å²) >= 11 is 17.7. The molecule has 0 amide bonds. The fourth-order valence-corrected chi connectivity index (χ4v) is 6.83. The first kappa shape index (κ1) is 34.6. The number of halogens is 3. The average molecular weight is 718 g/mol. The molecule has 4 heterocycles. The Kier molecular flexibility index (Phi) is 10.4. The quantitative estimate of drug-likeness (QED) is 0.132. The molecule has 0 aliphatic heterocycles. The maximum absolute atomic E-state index is 12.7. The van der Waals surface area contributed by atoms with E-state index in [2.05, 4.69) is 75.2 Å². The van der Waals surface area contributed by atoms with Crippen LogP contribution in [0, 0.1) is 13.8 Å². The lowest BCUT2D eigenvalue weighted by atomic mass is 9.94. The highest BCUT2D eigenvalue weighted by Gasteiger charge is 2.35. The molecule has 2 aliphatic carbocycles. The number of hydrogen-bond donors (Lipinski definition) is 0. The van der Waals surface area contributed by atoms with Crippen LogP contribution in [0.5, 0.6) is 0 Å². The number of rotatable bonds is 5. The lowest BCUT2D eigenvalue weighted by Crippen LogP contribution is -2.11. The van der Waals surface area contributed by atoms with Crippen molar-refractivity contribution in [1.29, 1.82) is 0 Å². The zero-order valence-electron chi connectivity index (χ0n) is 27.7. The van der Waals surface area contributed by atoms with Gasteiger partial charge in [0, 0.05) is 44.7 Å². The van der Waals surface area contributed by atoms with Crippen LogP contribution in [0.25, 0.3) is 22.1 Å². The van der Waals surface area contributed by atoms with Crippen LogP contribution in [-0.2, 0) is 41.9 Å². The van der Waals surface area contributed by atoms with Crippen LogP contribution in [0.1, 0.15) is 71.7 Å². The van der Waals surface area contributed by atoms with Gasteiger partial charge in [0.2, 0.25) is 10.6 Å². The normalized spacial score (nSPS) is 14.8. The first-order chi connectivity index (χ1) is 23.5. The van der Waals surface area contributed by atoms with Crippen LogP contribution in [0.2, 0.25) is 15.7 Å². The lowest BCUT2D eigenvalue weighted by Gasteiger charge is -2.11. The third-order valence-corrected chi connectivity index (χ3v) is 9.02. The second-order valence-corrected chi connectivity index (χ2v) is 13.4. The van der Waals surface area contributed by atoms with Gasteiger partial charge in [0.05, 0.1) is 22.4 Å². The molecule has 0 spiro atoms. The highest BCUT2D eigenvalue weighted by molar-refractivity contribution is 6.35. The van der Waals surface area contributed by atoms with Gasteiger partial charge in [0.1, 0.15) is 10.9 Å². The van der Waals surface area contributed by atoms with Crippen LogP contribution in [0.3, 0.4) is 0 Å². The van der Waals surface area contributed by atoms with Gasteiger partial charge in [0.15, 0.2) is 17.1 Å². The summed E-state index contributed by atoms with van der Waals surface area (Å²) in [4.78, 5) is 40.2. The monoisotopic (exact) mass is 716 g/mol. The predicted octanol–water partition coefficient (Wildman–Crippen LogP) is 7.66. The molecule has 0 bridgehead atoms. The summed E-state index contributed by atoms with van der Waals surface area (Å²) in [5, 5.41) is 10.8. The Morgan fingerprint density at radius 2 is 1.27 bits per heavy atom. The van der Waals surface area contributed by atoms with E-state index in [0.29, 0.717) is 47.2 Å². The second kappa shape index (κ2) is 14.7. The first-order valence-electron chi connectivity index (χ1n) is 16.2. The van der Waals surface area contributed by atoms with Crippen molar-refractivity contribution in [2.45, 2.75) is 78.8 Å². The zero-order valence-corrected chi connectivity index (χ0v) is 29.9. The Bertz CT molecular complexity index is 2210. The molecular formula is C36H35Cl3N8O2. The summed E-state index contributed by atoms with van der Waals surface area (Å²) < 4.78 is 3.64. The van der Waals surface area contributed by atoms with Crippen molar-refractivity contribution >= 4 is 68.4 Å². The van der Waals surface area contributed by atoms with Gasteiger partial charge >= 0.3 is 0 Å². The third kappa shape index (κ3) is 7.66. The molecule has 8 rings (SSSR count). The molecule has 0 radical (unpaired) electrons. The van der Waals surface area contributed by atoms with Gasteiger partial charge in [-0.3, -0.25) is 19.0 Å². The number of ketones is 2. The second-order valence-electron chi connectivity index (χ2n) is 12.4. The maximum Gasteiger partial charge on any atom is 0.225 e. The Morgan fingerprint density at radius 3 is 1.94 bits per heavy atom. The highest BCUT2D eigenvalue weighted by Crippen LogP contribution is 2.38. The minimum atomic E-state index is -0.387. The molecule has 13 heteroatoms. The zero-order chi connectivity index (χ0) is 34.8. The molecule has 0 saturated heterocycles. The summed E-state index contributed by atoms with van der Waals surface area (Å²) in [7, 11) is 0. The van der Waals surface area contributed by atoms with E-state index < -0.39 is 0 Å². The van der Waals surface area contributed by atoms with Crippen LogP contribution in [-0.4, -0.2) is 51.1 Å². The topological polar surface area (TPSA) is 121 Å². The number of aryl methyl sites for hydroxylation is 4. The van der Waals surface area contributed by atoms with Crippen LogP contribution < -0.4 is 0 Å². The van der Waals surface area contributed by atoms with E-state index in [1.807, 2.05) is 36.1 Å². The Hall–Kier alpha value is -4.25. The van der Waals surface area contributed by atoms with E-state index in [-0.39, 0.29) is 22.3 Å². The fourth-order valence-electron chi connectivity index (χ4n) is 6.23. The molecule has 252 valence electrons. The molecule has 10 nitrogen and oxygen atoms in total. The van der Waals surface area contributed by atoms with Gasteiger partial charge in [-0.15, -0.1) is 0 Å². The molecule has 2 aliphatic rings. The molecule has 0 fully saturated rings. The minimum absolute atomic E-state index is 0.129. The molecule has 0 saturated carbocycles. The van der Waals surface area contributed by atoms with Crippen molar-refractivity contribution in [3.05, 3.63) is 104 Å². The number of carbonyl (C=O) groups excluding carboxylic acids is 2. The smallest absolute Gasteiger partial charge is 0.225 e. The van der Waals surface area contributed by atoms with Crippen molar-refractivity contribution in [3.63, 3.8) is 0 Å². The van der Waals surface area contributed by atoms with E-state index in [0.717, 1.165) is 53.4 Å². The third-order valence-electron chi connectivity index (χ3n) is 8.40. The average Bonchev–Trinajstić information content (AvgIpc) is 3.80. The van der Waals surface area contributed by atoms with Gasteiger partial charge in [-0.05, 0) is 72.1 Å². The Balaban J connectivity index is 0.000000141. The molecule has 1 atom stereocenters. The van der Waals surface area contributed by atoms with Crippen molar-refractivity contribution in [1.82, 2.24) is 39.5 Å².